The summed E-state index contributed by atoms with van der Waals surface area (Å²) in [5.74, 6) is 0.929. The van der Waals surface area contributed by atoms with E-state index in [0.29, 0.717) is 23.3 Å². The first-order valence-corrected chi connectivity index (χ1v) is 15.1. The van der Waals surface area contributed by atoms with E-state index in [9.17, 15) is 4.79 Å². The lowest BCUT2D eigenvalue weighted by Crippen LogP contribution is -2.30. The molecule has 0 saturated heterocycles. The monoisotopic (exact) mass is 557 g/mol. The van der Waals surface area contributed by atoms with E-state index in [4.69, 9.17) is 14.2 Å². The molecule has 210 valence electrons. The van der Waals surface area contributed by atoms with Crippen molar-refractivity contribution < 1.29 is 19.0 Å². The number of esters is 1. The standard InChI is InChI=1S/C34H39NO4S/c1-6-38-27-14-17-32(29(21-27)24-9-11-25(12-10-24)34(36)39-7-2)40-31-16-8-22(3)33-28(31)18-19-35(33)30-15-13-26(37-5)20-23(30)4/h8-13,15-16,18-20,27,29,32H,6-7,14,17,21H2,1-5H3. The van der Waals surface area contributed by atoms with Crippen molar-refractivity contribution >= 4 is 28.6 Å². The van der Waals surface area contributed by atoms with Gasteiger partial charge in [-0.05, 0) is 112 Å². The Morgan fingerprint density at radius 3 is 2.45 bits per heavy atom. The zero-order valence-corrected chi connectivity index (χ0v) is 24.9. The van der Waals surface area contributed by atoms with Crippen LogP contribution in [0.25, 0.3) is 16.6 Å². The number of rotatable bonds is 9. The predicted octanol–water partition coefficient (Wildman–Crippen LogP) is 8.27. The number of thioether (sulfide) groups is 1. The summed E-state index contributed by atoms with van der Waals surface area (Å²) in [7, 11) is 1.71. The fraction of sp³-hybridized carbons (Fsp3) is 0.382. The van der Waals surface area contributed by atoms with Gasteiger partial charge in [0, 0.05) is 34.0 Å². The molecule has 1 aliphatic carbocycles. The number of benzene rings is 3. The number of aryl methyl sites for hydroxylation is 2. The molecule has 1 saturated carbocycles. The second-order valence-corrected chi connectivity index (χ2v) is 11.8. The maximum absolute atomic E-state index is 12.2. The molecule has 0 bridgehead atoms. The van der Waals surface area contributed by atoms with Crippen LogP contribution in [0.2, 0.25) is 0 Å². The average Bonchev–Trinajstić information content (AvgIpc) is 3.41. The normalized spacial score (nSPS) is 19.1. The van der Waals surface area contributed by atoms with Crippen molar-refractivity contribution in [2.24, 2.45) is 0 Å². The van der Waals surface area contributed by atoms with E-state index in [0.717, 1.165) is 37.3 Å². The first kappa shape index (κ1) is 28.3. The molecule has 1 fully saturated rings. The van der Waals surface area contributed by atoms with Gasteiger partial charge in [-0.25, -0.2) is 4.79 Å². The van der Waals surface area contributed by atoms with Gasteiger partial charge >= 0.3 is 5.97 Å². The molecule has 4 aromatic rings. The molecule has 0 N–H and O–H groups in total. The highest BCUT2D eigenvalue weighted by atomic mass is 32.2. The van der Waals surface area contributed by atoms with E-state index in [1.165, 1.54) is 32.5 Å². The van der Waals surface area contributed by atoms with E-state index < -0.39 is 0 Å². The van der Waals surface area contributed by atoms with Crippen LogP contribution in [0.1, 0.15) is 66.1 Å². The van der Waals surface area contributed by atoms with Gasteiger partial charge in [0.25, 0.3) is 0 Å². The number of hydrogen-bond acceptors (Lipinski definition) is 5. The molecule has 3 aromatic carbocycles. The van der Waals surface area contributed by atoms with Crippen molar-refractivity contribution in [3.05, 3.63) is 89.1 Å². The summed E-state index contributed by atoms with van der Waals surface area (Å²) in [5.41, 5.74) is 6.70. The van der Waals surface area contributed by atoms with Crippen molar-refractivity contribution in [3.63, 3.8) is 0 Å². The van der Waals surface area contributed by atoms with Gasteiger partial charge in [0.2, 0.25) is 0 Å². The molecule has 0 amide bonds. The molecule has 40 heavy (non-hydrogen) atoms. The number of aromatic nitrogens is 1. The number of carbonyl (C=O) groups excluding carboxylic acids is 1. The van der Waals surface area contributed by atoms with Crippen LogP contribution >= 0.6 is 11.8 Å². The highest BCUT2D eigenvalue weighted by Gasteiger charge is 2.33. The molecule has 1 aromatic heterocycles. The second kappa shape index (κ2) is 12.5. The van der Waals surface area contributed by atoms with Gasteiger partial charge in [-0.15, -0.1) is 11.8 Å². The minimum Gasteiger partial charge on any atom is -0.497 e. The third-order valence-electron chi connectivity index (χ3n) is 7.94. The molecule has 5 nitrogen and oxygen atoms in total. The number of methoxy groups -OCH3 is 1. The Bertz CT molecular complexity index is 1480. The Labute approximate surface area is 241 Å². The lowest BCUT2D eigenvalue weighted by atomic mass is 9.81. The molecular formula is C34H39NO4S. The quantitative estimate of drug-likeness (QED) is 0.194. The highest BCUT2D eigenvalue weighted by Crippen LogP contribution is 2.46. The van der Waals surface area contributed by atoms with E-state index in [2.05, 4.69) is 74.0 Å². The van der Waals surface area contributed by atoms with Gasteiger partial charge in [-0.2, -0.15) is 0 Å². The lowest BCUT2D eigenvalue weighted by Gasteiger charge is -2.36. The van der Waals surface area contributed by atoms with Crippen molar-refractivity contribution in [3.8, 4) is 11.4 Å². The van der Waals surface area contributed by atoms with Crippen molar-refractivity contribution in [2.75, 3.05) is 20.3 Å². The van der Waals surface area contributed by atoms with Crippen molar-refractivity contribution in [1.29, 1.82) is 0 Å². The minimum absolute atomic E-state index is 0.258. The summed E-state index contributed by atoms with van der Waals surface area (Å²) in [6.07, 6.45) is 5.56. The Morgan fingerprint density at radius 1 is 0.950 bits per heavy atom. The van der Waals surface area contributed by atoms with Gasteiger partial charge in [0.1, 0.15) is 5.75 Å². The maximum atomic E-state index is 12.2. The average molecular weight is 558 g/mol. The summed E-state index contributed by atoms with van der Waals surface area (Å²) >= 11 is 1.98. The molecule has 3 atom stereocenters. The van der Waals surface area contributed by atoms with Crippen LogP contribution in [0.3, 0.4) is 0 Å². The fourth-order valence-electron chi connectivity index (χ4n) is 5.96. The smallest absolute Gasteiger partial charge is 0.338 e. The summed E-state index contributed by atoms with van der Waals surface area (Å²) in [6, 6.07) is 21.0. The van der Waals surface area contributed by atoms with Crippen LogP contribution in [-0.4, -0.2) is 42.2 Å². The Kier molecular flexibility index (Phi) is 8.87. The van der Waals surface area contributed by atoms with E-state index in [-0.39, 0.29) is 12.1 Å². The maximum Gasteiger partial charge on any atom is 0.338 e. The van der Waals surface area contributed by atoms with E-state index in [1.807, 2.05) is 36.9 Å². The Balaban J connectivity index is 1.47. The third-order valence-corrected chi connectivity index (χ3v) is 9.42. The SMILES string of the molecule is CCOC(=O)c1ccc(C2CC(OCC)CCC2Sc2ccc(C)c3c2ccn3-c2ccc(OC)cc2C)cc1. The van der Waals surface area contributed by atoms with E-state index in [1.54, 1.807) is 7.11 Å². The zero-order chi connectivity index (χ0) is 28.2. The number of hydrogen-bond donors (Lipinski definition) is 0. The molecule has 0 radical (unpaired) electrons. The lowest BCUT2D eigenvalue weighted by molar-refractivity contribution is 0.0321. The molecule has 5 rings (SSSR count). The second-order valence-electron chi connectivity index (χ2n) is 10.5. The summed E-state index contributed by atoms with van der Waals surface area (Å²) in [6.45, 7) is 9.33. The first-order valence-electron chi connectivity index (χ1n) is 14.2. The van der Waals surface area contributed by atoms with Gasteiger partial charge in [-0.3, -0.25) is 0 Å². The van der Waals surface area contributed by atoms with Crippen LogP contribution in [0.4, 0.5) is 0 Å². The molecule has 0 aliphatic heterocycles. The van der Waals surface area contributed by atoms with Gasteiger partial charge in [0.15, 0.2) is 0 Å². The largest absolute Gasteiger partial charge is 0.497 e. The van der Waals surface area contributed by atoms with Crippen LogP contribution in [0.5, 0.6) is 5.75 Å². The van der Waals surface area contributed by atoms with Crippen molar-refractivity contribution in [1.82, 2.24) is 4.57 Å². The number of ether oxygens (including phenoxy) is 3. The molecular weight excluding hydrogens is 518 g/mol. The third kappa shape index (κ3) is 5.79. The van der Waals surface area contributed by atoms with Crippen LogP contribution < -0.4 is 4.74 Å². The van der Waals surface area contributed by atoms with Gasteiger partial charge < -0.3 is 18.8 Å². The highest BCUT2D eigenvalue weighted by molar-refractivity contribution is 8.00. The van der Waals surface area contributed by atoms with Gasteiger partial charge in [0.05, 0.1) is 30.9 Å². The molecule has 1 aliphatic rings. The van der Waals surface area contributed by atoms with Crippen molar-refractivity contribution in [2.45, 2.75) is 69.1 Å². The number of carbonyl (C=O) groups is 1. The Hall–Kier alpha value is -3.22. The Morgan fingerprint density at radius 2 is 1.75 bits per heavy atom. The van der Waals surface area contributed by atoms with Crippen LogP contribution in [0, 0.1) is 13.8 Å². The van der Waals surface area contributed by atoms with Gasteiger partial charge in [-0.1, -0.05) is 18.2 Å². The number of fused-ring (bicyclic) bond motifs is 1. The first-order chi connectivity index (χ1) is 19.4. The molecule has 3 unspecified atom stereocenters. The molecule has 6 heteroatoms. The molecule has 0 spiro atoms. The topological polar surface area (TPSA) is 49.7 Å². The van der Waals surface area contributed by atoms with Crippen LogP contribution in [-0.2, 0) is 9.47 Å². The fourth-order valence-corrected chi connectivity index (χ4v) is 7.41. The minimum atomic E-state index is -0.269. The molecule has 1 heterocycles. The summed E-state index contributed by atoms with van der Waals surface area (Å²) in [4.78, 5) is 13.5. The van der Waals surface area contributed by atoms with E-state index >= 15 is 0 Å². The zero-order valence-electron chi connectivity index (χ0n) is 24.1. The summed E-state index contributed by atoms with van der Waals surface area (Å²) in [5, 5.41) is 1.69. The van der Waals surface area contributed by atoms with Crippen LogP contribution in [0.15, 0.2) is 71.8 Å². The summed E-state index contributed by atoms with van der Waals surface area (Å²) < 4.78 is 19.0. The number of nitrogens with zero attached hydrogens (tertiary/aromatic N) is 1. The predicted molar refractivity (Wildman–Crippen MR) is 163 cm³/mol.